The van der Waals surface area contributed by atoms with Gasteiger partial charge in [-0.15, -0.1) is 0 Å². The number of benzene rings is 1. The molecule has 0 atom stereocenters. The Hall–Kier alpha value is -1.46. The molecule has 1 aromatic carbocycles. The largest absolute Gasteiger partial charge is 0.310 e. The van der Waals surface area contributed by atoms with E-state index >= 15 is 0 Å². The van der Waals surface area contributed by atoms with Crippen LogP contribution in [-0.4, -0.2) is 16.0 Å². The topological polar surface area (TPSA) is 37.8 Å². The summed E-state index contributed by atoms with van der Waals surface area (Å²) in [6, 6.07) is 7.58. The maximum absolute atomic E-state index is 14.2. The number of aromatic nitrogens is 2. The predicted octanol–water partition coefficient (Wildman–Crippen LogP) is 3.88. The van der Waals surface area contributed by atoms with Crippen molar-refractivity contribution >= 4 is 11.8 Å². The van der Waals surface area contributed by atoms with E-state index in [2.05, 4.69) is 29.1 Å². The second kappa shape index (κ2) is 7.00. The Kier molecular flexibility index (Phi) is 5.31. The van der Waals surface area contributed by atoms with Crippen molar-refractivity contribution in [2.75, 3.05) is 0 Å². The van der Waals surface area contributed by atoms with Gasteiger partial charge in [0.05, 0.1) is 4.90 Å². The molecule has 5 heteroatoms. The van der Waals surface area contributed by atoms with Crippen LogP contribution in [0.2, 0.25) is 0 Å². The van der Waals surface area contributed by atoms with Crippen molar-refractivity contribution in [2.24, 2.45) is 0 Å². The number of nitrogens with one attached hydrogen (secondary N) is 1. The molecule has 0 saturated heterocycles. The van der Waals surface area contributed by atoms with Gasteiger partial charge in [0.25, 0.3) is 0 Å². The molecule has 2 aromatic rings. The molecule has 21 heavy (non-hydrogen) atoms. The third kappa shape index (κ3) is 4.79. The third-order valence-electron chi connectivity index (χ3n) is 2.87. The van der Waals surface area contributed by atoms with Gasteiger partial charge in [-0.3, -0.25) is 0 Å². The van der Waals surface area contributed by atoms with Crippen molar-refractivity contribution in [2.45, 2.75) is 50.3 Å². The molecule has 0 spiro atoms. The van der Waals surface area contributed by atoms with Crippen LogP contribution >= 0.6 is 11.8 Å². The quantitative estimate of drug-likeness (QED) is 0.851. The van der Waals surface area contributed by atoms with Crippen molar-refractivity contribution in [3.05, 3.63) is 47.0 Å². The van der Waals surface area contributed by atoms with Crippen molar-refractivity contribution in [1.29, 1.82) is 0 Å². The minimum absolute atomic E-state index is 0.231. The fourth-order valence-electron chi connectivity index (χ4n) is 1.90. The highest BCUT2D eigenvalue weighted by Gasteiger charge is 2.09. The first-order valence-electron chi connectivity index (χ1n) is 6.96. The van der Waals surface area contributed by atoms with Crippen LogP contribution in [-0.2, 0) is 6.54 Å². The summed E-state index contributed by atoms with van der Waals surface area (Å²) in [7, 11) is 0. The molecule has 2 rings (SSSR count). The summed E-state index contributed by atoms with van der Waals surface area (Å²) in [6.45, 7) is 8.63. The molecule has 0 bridgehead atoms. The van der Waals surface area contributed by atoms with Gasteiger partial charge >= 0.3 is 0 Å². The lowest BCUT2D eigenvalue weighted by Gasteiger charge is -2.09. The van der Waals surface area contributed by atoms with Crippen LogP contribution in [0.25, 0.3) is 0 Å². The fraction of sp³-hybridized carbons (Fsp3) is 0.375. The first-order chi connectivity index (χ1) is 9.94. The van der Waals surface area contributed by atoms with Gasteiger partial charge in [0.15, 0.2) is 5.16 Å². The zero-order chi connectivity index (χ0) is 15.4. The van der Waals surface area contributed by atoms with E-state index in [0.717, 1.165) is 17.0 Å². The van der Waals surface area contributed by atoms with Gasteiger partial charge in [-0.05, 0) is 49.4 Å². The molecular formula is C16H20FN3S. The van der Waals surface area contributed by atoms with E-state index in [1.807, 2.05) is 26.0 Å². The van der Waals surface area contributed by atoms with Crippen LogP contribution < -0.4 is 5.32 Å². The molecule has 0 amide bonds. The predicted molar refractivity (Wildman–Crippen MR) is 84.0 cm³/mol. The van der Waals surface area contributed by atoms with Gasteiger partial charge in [0.2, 0.25) is 0 Å². The van der Waals surface area contributed by atoms with E-state index in [1.165, 1.54) is 11.8 Å². The second-order valence-corrected chi connectivity index (χ2v) is 6.34. The van der Waals surface area contributed by atoms with Gasteiger partial charge in [-0.2, -0.15) is 0 Å². The zero-order valence-electron chi connectivity index (χ0n) is 12.8. The van der Waals surface area contributed by atoms with Gasteiger partial charge in [-0.25, -0.2) is 14.4 Å². The number of aryl methyl sites for hydroxylation is 2. The molecule has 1 heterocycles. The molecule has 3 nitrogen and oxygen atoms in total. The Balaban J connectivity index is 2.13. The van der Waals surface area contributed by atoms with Gasteiger partial charge in [-0.1, -0.05) is 19.9 Å². The average Bonchev–Trinajstić information content (AvgIpc) is 2.38. The lowest BCUT2D eigenvalue weighted by molar-refractivity contribution is 0.574. The van der Waals surface area contributed by atoms with Crippen LogP contribution in [0.1, 0.15) is 30.8 Å². The first-order valence-corrected chi connectivity index (χ1v) is 7.77. The van der Waals surface area contributed by atoms with Crippen molar-refractivity contribution < 1.29 is 4.39 Å². The van der Waals surface area contributed by atoms with Crippen LogP contribution in [0.3, 0.4) is 0 Å². The second-order valence-electron chi connectivity index (χ2n) is 5.34. The Bertz CT molecular complexity index is 609. The standard InChI is InChI=1S/C16H20FN3S/c1-10(2)18-9-13-5-6-15(14(17)8-13)21-16-19-11(3)7-12(4)20-16/h5-8,10,18H,9H2,1-4H3. The molecule has 0 aliphatic rings. The molecule has 0 aliphatic carbocycles. The summed E-state index contributed by atoms with van der Waals surface area (Å²) < 4.78 is 14.2. The smallest absolute Gasteiger partial charge is 0.192 e. The molecule has 112 valence electrons. The minimum Gasteiger partial charge on any atom is -0.310 e. The zero-order valence-corrected chi connectivity index (χ0v) is 13.6. The average molecular weight is 305 g/mol. The highest BCUT2D eigenvalue weighted by Crippen LogP contribution is 2.28. The summed E-state index contributed by atoms with van der Waals surface area (Å²) in [5.41, 5.74) is 2.72. The van der Waals surface area contributed by atoms with Crippen LogP contribution in [0, 0.1) is 19.7 Å². The molecule has 1 aromatic heterocycles. The normalized spacial score (nSPS) is 11.1. The highest BCUT2D eigenvalue weighted by molar-refractivity contribution is 7.99. The molecular weight excluding hydrogens is 285 g/mol. The van der Waals surface area contributed by atoms with Crippen molar-refractivity contribution in [1.82, 2.24) is 15.3 Å². The van der Waals surface area contributed by atoms with E-state index in [0.29, 0.717) is 22.6 Å². The number of rotatable bonds is 5. The molecule has 0 unspecified atom stereocenters. The lowest BCUT2D eigenvalue weighted by atomic mass is 10.2. The van der Waals surface area contributed by atoms with Crippen molar-refractivity contribution in [3.8, 4) is 0 Å². The van der Waals surface area contributed by atoms with E-state index in [-0.39, 0.29) is 5.82 Å². The summed E-state index contributed by atoms with van der Waals surface area (Å²) in [6.07, 6.45) is 0. The number of hydrogen-bond acceptors (Lipinski definition) is 4. The van der Waals surface area contributed by atoms with E-state index in [9.17, 15) is 4.39 Å². The molecule has 0 aliphatic heterocycles. The molecule has 0 radical (unpaired) electrons. The van der Waals surface area contributed by atoms with Crippen LogP contribution in [0.5, 0.6) is 0 Å². The number of nitrogens with zero attached hydrogens (tertiary/aromatic N) is 2. The van der Waals surface area contributed by atoms with E-state index < -0.39 is 0 Å². The number of hydrogen-bond donors (Lipinski definition) is 1. The SMILES string of the molecule is Cc1cc(C)nc(Sc2ccc(CNC(C)C)cc2F)n1. The summed E-state index contributed by atoms with van der Waals surface area (Å²) >= 11 is 1.26. The Morgan fingerprint density at radius 3 is 2.38 bits per heavy atom. The Morgan fingerprint density at radius 2 is 1.81 bits per heavy atom. The first kappa shape index (κ1) is 15.9. The molecule has 1 N–H and O–H groups in total. The fourth-order valence-corrected chi connectivity index (χ4v) is 2.77. The third-order valence-corrected chi connectivity index (χ3v) is 3.79. The van der Waals surface area contributed by atoms with Gasteiger partial charge < -0.3 is 5.32 Å². The Morgan fingerprint density at radius 1 is 1.14 bits per heavy atom. The monoisotopic (exact) mass is 305 g/mol. The van der Waals surface area contributed by atoms with Crippen LogP contribution in [0.15, 0.2) is 34.3 Å². The number of halogens is 1. The minimum atomic E-state index is -0.231. The van der Waals surface area contributed by atoms with E-state index in [4.69, 9.17) is 0 Å². The maximum Gasteiger partial charge on any atom is 0.192 e. The lowest BCUT2D eigenvalue weighted by Crippen LogP contribution is -2.21. The molecule has 0 saturated carbocycles. The maximum atomic E-state index is 14.2. The van der Waals surface area contributed by atoms with Gasteiger partial charge in [0, 0.05) is 24.0 Å². The van der Waals surface area contributed by atoms with Crippen molar-refractivity contribution in [3.63, 3.8) is 0 Å². The molecule has 0 fully saturated rings. The summed E-state index contributed by atoms with van der Waals surface area (Å²) in [5, 5.41) is 3.86. The van der Waals surface area contributed by atoms with Gasteiger partial charge in [0.1, 0.15) is 5.82 Å². The van der Waals surface area contributed by atoms with Crippen LogP contribution in [0.4, 0.5) is 4.39 Å². The Labute approximate surface area is 129 Å². The summed E-state index contributed by atoms with van der Waals surface area (Å²) in [4.78, 5) is 9.20. The van der Waals surface area contributed by atoms with E-state index in [1.54, 1.807) is 12.1 Å². The highest BCUT2D eigenvalue weighted by atomic mass is 32.2. The summed E-state index contributed by atoms with van der Waals surface area (Å²) in [5.74, 6) is -0.231.